The molecule has 0 bridgehead atoms. The standard InChI is InChI=1S/C14H19N3O3/c1-2-3-10-6-7-16(9-10)14(18)12-8-11(15)4-5-13(12)17(19)20/h4-5,8,10H,2-3,6-7,9,15H2,1H3. The molecule has 1 fully saturated rings. The second kappa shape index (κ2) is 5.90. The lowest BCUT2D eigenvalue weighted by Crippen LogP contribution is -2.29. The first kappa shape index (κ1) is 14.3. The Bertz CT molecular complexity index is 530. The van der Waals surface area contributed by atoms with Crippen LogP contribution in [0.3, 0.4) is 0 Å². The van der Waals surface area contributed by atoms with E-state index < -0.39 is 4.92 Å². The fraction of sp³-hybridized carbons (Fsp3) is 0.500. The predicted molar refractivity (Wildman–Crippen MR) is 76.4 cm³/mol. The third-order valence-electron chi connectivity index (χ3n) is 3.72. The minimum absolute atomic E-state index is 0.0900. The molecule has 1 atom stereocenters. The van der Waals surface area contributed by atoms with Crippen molar-refractivity contribution in [2.75, 3.05) is 18.8 Å². The number of anilines is 1. The van der Waals surface area contributed by atoms with Gasteiger partial charge in [-0.2, -0.15) is 0 Å². The van der Waals surface area contributed by atoms with Crippen LogP contribution in [0, 0.1) is 16.0 Å². The van der Waals surface area contributed by atoms with Gasteiger partial charge in [0.15, 0.2) is 0 Å². The molecule has 1 amide bonds. The highest BCUT2D eigenvalue weighted by molar-refractivity contribution is 5.99. The zero-order chi connectivity index (χ0) is 14.7. The molecule has 0 radical (unpaired) electrons. The number of nitrogen functional groups attached to an aromatic ring is 1. The van der Waals surface area contributed by atoms with Gasteiger partial charge in [-0.25, -0.2) is 0 Å². The molecule has 1 aromatic rings. The zero-order valence-corrected chi connectivity index (χ0v) is 11.5. The van der Waals surface area contributed by atoms with Crippen molar-refractivity contribution in [2.24, 2.45) is 5.92 Å². The van der Waals surface area contributed by atoms with Crippen molar-refractivity contribution in [2.45, 2.75) is 26.2 Å². The summed E-state index contributed by atoms with van der Waals surface area (Å²) < 4.78 is 0. The van der Waals surface area contributed by atoms with Crippen molar-refractivity contribution >= 4 is 17.3 Å². The number of nitrogens with zero attached hydrogens (tertiary/aromatic N) is 2. The Labute approximate surface area is 117 Å². The molecule has 6 heteroatoms. The van der Waals surface area contributed by atoms with Crippen LogP contribution in [0.25, 0.3) is 0 Å². The van der Waals surface area contributed by atoms with Gasteiger partial charge < -0.3 is 10.6 Å². The Balaban J connectivity index is 2.21. The number of hydrogen-bond acceptors (Lipinski definition) is 4. The van der Waals surface area contributed by atoms with Crippen LogP contribution in [0.5, 0.6) is 0 Å². The summed E-state index contributed by atoms with van der Waals surface area (Å²) in [5, 5.41) is 11.0. The topological polar surface area (TPSA) is 89.5 Å². The SMILES string of the molecule is CCCC1CCN(C(=O)c2cc(N)ccc2[N+](=O)[O-])C1. The zero-order valence-electron chi connectivity index (χ0n) is 11.5. The maximum atomic E-state index is 12.4. The summed E-state index contributed by atoms with van der Waals surface area (Å²) in [6.07, 6.45) is 3.14. The Morgan fingerprint density at radius 1 is 1.55 bits per heavy atom. The van der Waals surface area contributed by atoms with Gasteiger partial charge in [-0.3, -0.25) is 14.9 Å². The number of carbonyl (C=O) groups excluding carboxylic acids is 1. The summed E-state index contributed by atoms with van der Waals surface area (Å²) >= 11 is 0. The van der Waals surface area contributed by atoms with Gasteiger partial charge in [0.1, 0.15) is 5.56 Å². The highest BCUT2D eigenvalue weighted by Crippen LogP contribution is 2.27. The van der Waals surface area contributed by atoms with Crippen LogP contribution in [-0.4, -0.2) is 28.8 Å². The van der Waals surface area contributed by atoms with E-state index in [1.165, 1.54) is 18.2 Å². The van der Waals surface area contributed by atoms with Gasteiger partial charge in [-0.1, -0.05) is 13.3 Å². The van der Waals surface area contributed by atoms with E-state index in [-0.39, 0.29) is 17.2 Å². The van der Waals surface area contributed by atoms with Crippen LogP contribution < -0.4 is 5.73 Å². The molecule has 1 unspecified atom stereocenters. The van der Waals surface area contributed by atoms with Crippen LogP contribution >= 0.6 is 0 Å². The Morgan fingerprint density at radius 3 is 2.95 bits per heavy atom. The average Bonchev–Trinajstić information content (AvgIpc) is 2.86. The molecule has 2 rings (SSSR count). The number of likely N-dealkylation sites (tertiary alicyclic amines) is 1. The summed E-state index contributed by atoms with van der Waals surface area (Å²) in [5.41, 5.74) is 5.92. The van der Waals surface area contributed by atoms with Gasteiger partial charge in [-0.15, -0.1) is 0 Å². The van der Waals surface area contributed by atoms with Crippen molar-refractivity contribution in [3.63, 3.8) is 0 Å². The number of carbonyl (C=O) groups is 1. The second-order valence-corrected chi connectivity index (χ2v) is 5.23. The highest BCUT2D eigenvalue weighted by Gasteiger charge is 2.30. The number of nitro benzene ring substituents is 1. The number of amides is 1. The molecule has 0 saturated carbocycles. The van der Waals surface area contributed by atoms with Crippen LogP contribution in [0.15, 0.2) is 18.2 Å². The minimum Gasteiger partial charge on any atom is -0.399 e. The first-order valence-corrected chi connectivity index (χ1v) is 6.86. The predicted octanol–water partition coefficient (Wildman–Crippen LogP) is 2.44. The van der Waals surface area contributed by atoms with E-state index in [9.17, 15) is 14.9 Å². The van der Waals surface area contributed by atoms with Gasteiger partial charge in [0, 0.05) is 24.8 Å². The van der Waals surface area contributed by atoms with E-state index in [1.807, 2.05) is 0 Å². The molecule has 6 nitrogen and oxygen atoms in total. The first-order valence-electron chi connectivity index (χ1n) is 6.86. The van der Waals surface area contributed by atoms with Gasteiger partial charge >= 0.3 is 0 Å². The summed E-state index contributed by atoms with van der Waals surface area (Å²) in [6, 6.07) is 4.13. The van der Waals surface area contributed by atoms with Gasteiger partial charge in [0.2, 0.25) is 0 Å². The molecule has 0 aliphatic carbocycles. The van der Waals surface area contributed by atoms with E-state index in [4.69, 9.17) is 5.73 Å². The molecule has 0 aromatic heterocycles. The molecule has 1 heterocycles. The smallest absolute Gasteiger partial charge is 0.282 e. The molecule has 108 valence electrons. The molecule has 2 N–H and O–H groups in total. The van der Waals surface area contributed by atoms with Gasteiger partial charge in [0.05, 0.1) is 4.92 Å². The van der Waals surface area contributed by atoms with Crippen LogP contribution in [0.2, 0.25) is 0 Å². The van der Waals surface area contributed by atoms with E-state index in [2.05, 4.69) is 6.92 Å². The van der Waals surface area contributed by atoms with E-state index in [1.54, 1.807) is 4.90 Å². The van der Waals surface area contributed by atoms with Crippen LogP contribution in [0.1, 0.15) is 36.5 Å². The average molecular weight is 277 g/mol. The van der Waals surface area contributed by atoms with E-state index in [0.717, 1.165) is 19.3 Å². The van der Waals surface area contributed by atoms with Crippen molar-refractivity contribution in [3.05, 3.63) is 33.9 Å². The van der Waals surface area contributed by atoms with E-state index >= 15 is 0 Å². The molecule has 1 aromatic carbocycles. The van der Waals surface area contributed by atoms with Crippen LogP contribution in [-0.2, 0) is 0 Å². The largest absolute Gasteiger partial charge is 0.399 e. The van der Waals surface area contributed by atoms with Gasteiger partial charge in [0.25, 0.3) is 11.6 Å². The normalized spacial score (nSPS) is 18.2. The molecule has 1 aliphatic heterocycles. The lowest BCUT2D eigenvalue weighted by Gasteiger charge is -2.16. The number of benzene rings is 1. The molecule has 1 saturated heterocycles. The number of nitrogens with two attached hydrogens (primary N) is 1. The Hall–Kier alpha value is -2.11. The number of nitro groups is 1. The molecule has 0 spiro atoms. The Morgan fingerprint density at radius 2 is 2.30 bits per heavy atom. The van der Waals surface area contributed by atoms with E-state index in [0.29, 0.717) is 24.7 Å². The fourth-order valence-electron chi connectivity index (χ4n) is 2.72. The summed E-state index contributed by atoms with van der Waals surface area (Å²) in [7, 11) is 0. The van der Waals surface area contributed by atoms with Crippen molar-refractivity contribution in [3.8, 4) is 0 Å². The molecule has 1 aliphatic rings. The van der Waals surface area contributed by atoms with Gasteiger partial charge in [-0.05, 0) is 30.9 Å². The maximum Gasteiger partial charge on any atom is 0.282 e. The summed E-state index contributed by atoms with van der Waals surface area (Å²) in [4.78, 5) is 24.6. The maximum absolute atomic E-state index is 12.4. The molecular weight excluding hydrogens is 258 g/mol. The molecule has 20 heavy (non-hydrogen) atoms. The monoisotopic (exact) mass is 277 g/mol. The summed E-state index contributed by atoms with van der Waals surface area (Å²) in [6.45, 7) is 3.46. The lowest BCUT2D eigenvalue weighted by molar-refractivity contribution is -0.385. The third kappa shape index (κ3) is 2.89. The molecular formula is C14H19N3O3. The third-order valence-corrected chi connectivity index (χ3v) is 3.72. The summed E-state index contributed by atoms with van der Waals surface area (Å²) in [5.74, 6) is 0.215. The van der Waals surface area contributed by atoms with Crippen molar-refractivity contribution in [1.82, 2.24) is 4.90 Å². The van der Waals surface area contributed by atoms with Crippen LogP contribution in [0.4, 0.5) is 11.4 Å². The minimum atomic E-state index is -0.535. The van der Waals surface area contributed by atoms with Crippen molar-refractivity contribution < 1.29 is 9.72 Å². The highest BCUT2D eigenvalue weighted by atomic mass is 16.6. The lowest BCUT2D eigenvalue weighted by atomic mass is 10.0. The second-order valence-electron chi connectivity index (χ2n) is 5.23. The quantitative estimate of drug-likeness (QED) is 0.520. The first-order chi connectivity index (χ1) is 9.52. The number of rotatable bonds is 4. The fourth-order valence-corrected chi connectivity index (χ4v) is 2.72. The Kier molecular flexibility index (Phi) is 4.22. The van der Waals surface area contributed by atoms with Crippen molar-refractivity contribution in [1.29, 1.82) is 0 Å². The number of hydrogen-bond donors (Lipinski definition) is 1.